The van der Waals surface area contributed by atoms with E-state index < -0.39 is 5.69 Å². The number of nitrogens with one attached hydrogen (secondary N) is 4. The van der Waals surface area contributed by atoms with Crippen LogP contribution in [0.1, 0.15) is 25.5 Å². The van der Waals surface area contributed by atoms with Gasteiger partial charge < -0.3 is 20.7 Å². The van der Waals surface area contributed by atoms with Crippen LogP contribution in [-0.4, -0.2) is 41.6 Å². The molecule has 1 amide bonds. The van der Waals surface area contributed by atoms with Crippen molar-refractivity contribution < 1.29 is 9.90 Å². The number of rotatable bonds is 5. The summed E-state index contributed by atoms with van der Waals surface area (Å²) in [4.78, 5) is 37.0. The Morgan fingerprint density at radius 1 is 1.28 bits per heavy atom. The van der Waals surface area contributed by atoms with Crippen LogP contribution < -0.4 is 27.0 Å². The first-order valence-electron chi connectivity index (χ1n) is 10.0. The Bertz CT molecular complexity index is 1510. The Balaban J connectivity index is 1.61. The number of benzene rings is 1. The first kappa shape index (κ1) is 19.5. The third-order valence-corrected chi connectivity index (χ3v) is 4.83. The minimum atomic E-state index is -0.510. The van der Waals surface area contributed by atoms with Crippen LogP contribution in [0.25, 0.3) is 11.7 Å². The fourth-order valence-corrected chi connectivity index (χ4v) is 3.29. The van der Waals surface area contributed by atoms with E-state index in [4.69, 9.17) is 4.99 Å². The van der Waals surface area contributed by atoms with Crippen LogP contribution >= 0.6 is 0 Å². The van der Waals surface area contributed by atoms with Crippen LogP contribution in [0.2, 0.25) is 0 Å². The molecule has 0 atom stereocenters. The minimum absolute atomic E-state index is 0.155. The van der Waals surface area contributed by atoms with Crippen LogP contribution in [0.4, 0.5) is 17.2 Å². The van der Waals surface area contributed by atoms with E-state index in [2.05, 4.69) is 30.7 Å². The third kappa shape index (κ3) is 4.08. The quantitative estimate of drug-likeness (QED) is 0.314. The molecule has 1 fully saturated rings. The molecule has 11 nitrogen and oxygen atoms in total. The number of aromatic amines is 2. The molecule has 0 bridgehead atoms. The molecule has 0 unspecified atom stereocenters. The molecule has 3 aromatic heterocycles. The summed E-state index contributed by atoms with van der Waals surface area (Å²) in [5.41, 5.74) is 2.27. The predicted octanol–water partition coefficient (Wildman–Crippen LogP) is 0.764. The van der Waals surface area contributed by atoms with E-state index in [0.717, 1.165) is 18.5 Å². The van der Waals surface area contributed by atoms with Crippen molar-refractivity contribution in [3.63, 3.8) is 0 Å². The zero-order valence-corrected chi connectivity index (χ0v) is 17.1. The predicted molar refractivity (Wildman–Crippen MR) is 117 cm³/mol. The smallest absolute Gasteiger partial charge is 0.326 e. The lowest BCUT2D eigenvalue weighted by atomic mass is 10.2. The van der Waals surface area contributed by atoms with Gasteiger partial charge in [0.05, 0.1) is 12.2 Å². The molecule has 5 rings (SSSR count). The van der Waals surface area contributed by atoms with Gasteiger partial charge in [-0.2, -0.15) is 9.61 Å². The van der Waals surface area contributed by atoms with E-state index in [1.54, 1.807) is 28.9 Å². The minimum Gasteiger partial charge on any atom is -0.493 e. The van der Waals surface area contributed by atoms with Gasteiger partial charge >= 0.3 is 5.69 Å². The molecule has 1 aliphatic carbocycles. The lowest BCUT2D eigenvalue weighted by Gasteiger charge is -2.09. The highest BCUT2D eigenvalue weighted by Gasteiger charge is 2.20. The van der Waals surface area contributed by atoms with Crippen molar-refractivity contribution in [2.45, 2.75) is 25.8 Å². The van der Waals surface area contributed by atoms with Gasteiger partial charge in [0.15, 0.2) is 11.1 Å². The summed E-state index contributed by atoms with van der Waals surface area (Å²) in [6.07, 6.45) is 5.25. The van der Waals surface area contributed by atoms with Crippen molar-refractivity contribution in [1.29, 1.82) is 0 Å². The first-order chi connectivity index (χ1) is 15.4. The van der Waals surface area contributed by atoms with Gasteiger partial charge in [0.2, 0.25) is 11.8 Å². The first-order valence-corrected chi connectivity index (χ1v) is 10.0. The van der Waals surface area contributed by atoms with Crippen LogP contribution in [0.3, 0.4) is 0 Å². The lowest BCUT2D eigenvalue weighted by Crippen LogP contribution is -2.19. The molecule has 5 N–H and O–H groups in total. The summed E-state index contributed by atoms with van der Waals surface area (Å²) < 4.78 is 1.63. The number of hydrogen-bond donors (Lipinski definition) is 5. The van der Waals surface area contributed by atoms with Crippen molar-refractivity contribution in [2.75, 3.05) is 10.6 Å². The number of hydrogen-bond acceptors (Lipinski definition) is 7. The maximum absolute atomic E-state index is 11.5. The third-order valence-electron chi connectivity index (χ3n) is 4.83. The van der Waals surface area contributed by atoms with E-state index in [-0.39, 0.29) is 23.5 Å². The van der Waals surface area contributed by atoms with Crippen LogP contribution in [0, 0.1) is 0 Å². The summed E-state index contributed by atoms with van der Waals surface area (Å²) in [6, 6.07) is 9.36. The standard InChI is InChI=1S/C21H20N8O3/c1-11(30)23-14-3-2-4-15(8-14)24-17-9-18(25-13-5-6-13)29-19(27-17)12(10-22-29)7-16-20(31)28-21(32)26-16/h2-4,7-10,13,24,31H,5-6H2,1H3,(H,23,30)(H2,26,28,32)/b12-7+,25-18?. The molecule has 1 aromatic carbocycles. The number of amides is 1. The summed E-state index contributed by atoms with van der Waals surface area (Å²) in [5.74, 6) is 0.123. The van der Waals surface area contributed by atoms with E-state index >= 15 is 0 Å². The molecule has 0 radical (unpaired) electrons. The molecule has 32 heavy (non-hydrogen) atoms. The van der Waals surface area contributed by atoms with Crippen LogP contribution in [0.15, 0.2) is 46.3 Å². The van der Waals surface area contributed by atoms with Gasteiger partial charge in [-0.1, -0.05) is 6.07 Å². The van der Waals surface area contributed by atoms with E-state index in [1.165, 1.54) is 6.92 Å². The Morgan fingerprint density at radius 2 is 2.09 bits per heavy atom. The topological polar surface area (TPSA) is 153 Å². The Labute approximate surface area is 180 Å². The van der Waals surface area contributed by atoms with Gasteiger partial charge in [-0.05, 0) is 37.1 Å². The number of aromatic nitrogens is 5. The number of carbonyl (C=O) groups is 1. The highest BCUT2D eigenvalue weighted by molar-refractivity contribution is 5.89. The van der Waals surface area contributed by atoms with E-state index in [1.807, 2.05) is 18.2 Å². The maximum atomic E-state index is 11.5. The van der Waals surface area contributed by atoms with E-state index in [9.17, 15) is 14.7 Å². The zero-order valence-electron chi connectivity index (χ0n) is 17.1. The van der Waals surface area contributed by atoms with Crippen molar-refractivity contribution >= 4 is 34.8 Å². The van der Waals surface area contributed by atoms with Crippen LogP contribution in [0.5, 0.6) is 5.88 Å². The molecule has 0 spiro atoms. The van der Waals surface area contributed by atoms with Crippen LogP contribution in [-0.2, 0) is 4.79 Å². The maximum Gasteiger partial charge on any atom is 0.326 e. The number of anilines is 3. The molecule has 11 heteroatoms. The van der Waals surface area contributed by atoms with E-state index in [0.29, 0.717) is 27.9 Å². The molecule has 0 saturated heterocycles. The largest absolute Gasteiger partial charge is 0.493 e. The Kier molecular flexibility index (Phi) is 4.70. The van der Waals surface area contributed by atoms with Gasteiger partial charge in [-0.15, -0.1) is 0 Å². The average Bonchev–Trinajstić information content (AvgIpc) is 3.36. The second-order valence-corrected chi connectivity index (χ2v) is 7.57. The summed E-state index contributed by atoms with van der Waals surface area (Å²) in [6.45, 7) is 1.45. The fraction of sp³-hybridized carbons (Fsp3) is 0.190. The number of fused-ring (bicyclic) bond motifs is 1. The highest BCUT2D eigenvalue weighted by Crippen LogP contribution is 2.23. The second-order valence-electron chi connectivity index (χ2n) is 7.57. The van der Waals surface area contributed by atoms with Crippen molar-refractivity contribution in [3.8, 4) is 5.88 Å². The Hall–Kier alpha value is -4.41. The fourth-order valence-electron chi connectivity index (χ4n) is 3.29. The number of H-pyrrole nitrogens is 2. The number of carbonyl (C=O) groups excluding carboxylic acids is 1. The van der Waals surface area contributed by atoms with Gasteiger partial charge in [-0.3, -0.25) is 14.8 Å². The molecular formula is C21H20N8O3. The molecular weight excluding hydrogens is 412 g/mol. The molecule has 1 saturated carbocycles. The highest BCUT2D eigenvalue weighted by atomic mass is 16.3. The monoisotopic (exact) mass is 432 g/mol. The zero-order chi connectivity index (χ0) is 22.2. The van der Waals surface area contributed by atoms with Gasteiger partial charge in [0, 0.05) is 29.6 Å². The number of imidazole rings is 1. The van der Waals surface area contributed by atoms with Crippen molar-refractivity contribution in [3.05, 3.63) is 63.4 Å². The number of nitrogens with zero attached hydrogens (tertiary/aromatic N) is 4. The summed E-state index contributed by atoms with van der Waals surface area (Å²) >= 11 is 0. The van der Waals surface area contributed by atoms with Gasteiger partial charge in [-0.25, -0.2) is 9.78 Å². The normalized spacial score (nSPS) is 14.8. The summed E-state index contributed by atoms with van der Waals surface area (Å²) in [5, 5.41) is 20.9. The number of aromatic hydroxyl groups is 1. The molecule has 3 heterocycles. The van der Waals surface area contributed by atoms with Crippen molar-refractivity contribution in [1.82, 2.24) is 24.6 Å². The molecule has 0 aliphatic heterocycles. The molecule has 162 valence electrons. The van der Waals surface area contributed by atoms with Gasteiger partial charge in [0.25, 0.3) is 0 Å². The van der Waals surface area contributed by atoms with Gasteiger partial charge in [0.1, 0.15) is 11.5 Å². The second kappa shape index (κ2) is 7.69. The molecule has 1 aliphatic rings. The Morgan fingerprint density at radius 3 is 2.81 bits per heavy atom. The van der Waals surface area contributed by atoms with Crippen molar-refractivity contribution in [2.24, 2.45) is 4.99 Å². The SMILES string of the molecule is CC(=O)Nc1cccc(Nc2cc(=NC3CC3)n3nc/c(=C\c4[nH]c(=O)[nH]c4O)c3n2)c1. The molecule has 4 aromatic rings. The lowest BCUT2D eigenvalue weighted by molar-refractivity contribution is -0.114. The average molecular weight is 432 g/mol. The summed E-state index contributed by atoms with van der Waals surface area (Å²) in [7, 11) is 0.